The van der Waals surface area contributed by atoms with Crippen LogP contribution in [0.5, 0.6) is 0 Å². The molecular weight excluding hydrogens is 556 g/mol. The molecule has 13 heteroatoms. The van der Waals surface area contributed by atoms with Crippen LogP contribution in [0.3, 0.4) is 0 Å². The summed E-state index contributed by atoms with van der Waals surface area (Å²) in [6.45, 7) is 15.4. The summed E-state index contributed by atoms with van der Waals surface area (Å²) in [4.78, 5) is 78.6. The molecule has 6 atom stereocenters. The standard InChI is InChI=1S/C30H50N6O7/c1-28(2,3)18(14-43-27(42)32-9)34-26(41)35-22(29(4,5)6)25(40)36-13-16-19(30(16,7)8)20(36)24(39)33-17(12-15-10-11-15)21(37)23(31)38/h15-20,22H,10-14H2,1-9H3,(H2,31,38)(H,32,42)(H,33,39)(H2,34,35,41)/t16-,17?,18+,19-,20-,22+/m0/s1. The van der Waals surface area contributed by atoms with Crippen LogP contribution in [0.15, 0.2) is 0 Å². The molecule has 1 aliphatic heterocycles. The van der Waals surface area contributed by atoms with Crippen molar-refractivity contribution in [3.8, 4) is 0 Å². The van der Waals surface area contributed by atoms with E-state index in [1.54, 1.807) is 0 Å². The van der Waals surface area contributed by atoms with Crippen LogP contribution >= 0.6 is 0 Å². The van der Waals surface area contributed by atoms with E-state index in [0.717, 1.165) is 12.8 Å². The second kappa shape index (κ2) is 12.3. The molecule has 6 N–H and O–H groups in total. The number of carbonyl (C=O) groups excluding carboxylic acids is 6. The number of urea groups is 1. The lowest BCUT2D eigenvalue weighted by atomic mass is 9.85. The summed E-state index contributed by atoms with van der Waals surface area (Å²) >= 11 is 0. The molecule has 13 nitrogen and oxygen atoms in total. The molecule has 2 aliphatic carbocycles. The Bertz CT molecular complexity index is 1140. The smallest absolute Gasteiger partial charge is 0.406 e. The van der Waals surface area contributed by atoms with Crippen molar-refractivity contribution in [3.63, 3.8) is 0 Å². The monoisotopic (exact) mass is 606 g/mol. The number of nitrogens with zero attached hydrogens (tertiary/aromatic N) is 1. The topological polar surface area (TPSA) is 189 Å². The average molecular weight is 607 g/mol. The van der Waals surface area contributed by atoms with E-state index >= 15 is 0 Å². The van der Waals surface area contributed by atoms with Gasteiger partial charge in [0.1, 0.15) is 18.7 Å². The zero-order chi connectivity index (χ0) is 32.7. The maximum atomic E-state index is 14.2. The first-order chi connectivity index (χ1) is 19.7. The van der Waals surface area contributed by atoms with Crippen LogP contribution in [0, 0.1) is 34.0 Å². The number of likely N-dealkylation sites (tertiary alicyclic amines) is 1. The summed E-state index contributed by atoms with van der Waals surface area (Å²) in [7, 11) is 1.44. The van der Waals surface area contributed by atoms with Gasteiger partial charge in [-0.2, -0.15) is 0 Å². The number of primary amides is 1. The van der Waals surface area contributed by atoms with Crippen molar-refractivity contribution >= 4 is 35.6 Å². The molecule has 6 amide bonds. The maximum Gasteiger partial charge on any atom is 0.406 e. The van der Waals surface area contributed by atoms with Crippen molar-refractivity contribution < 1.29 is 33.5 Å². The van der Waals surface area contributed by atoms with Gasteiger partial charge in [-0.15, -0.1) is 0 Å². The zero-order valence-electron chi connectivity index (χ0n) is 27.0. The van der Waals surface area contributed by atoms with Crippen LogP contribution < -0.4 is 27.0 Å². The number of Topliss-reactive ketones (excluding diaryl/α,β-unsaturated/α-hetero) is 1. The second-order valence-electron chi connectivity index (χ2n) is 15.0. The van der Waals surface area contributed by atoms with Crippen LogP contribution in [0.4, 0.5) is 9.59 Å². The van der Waals surface area contributed by atoms with Crippen LogP contribution in [-0.4, -0.2) is 84.9 Å². The highest BCUT2D eigenvalue weighted by Gasteiger charge is 2.70. The minimum atomic E-state index is -1.10. The lowest BCUT2D eigenvalue weighted by Gasteiger charge is -2.38. The van der Waals surface area contributed by atoms with Crippen molar-refractivity contribution in [3.05, 3.63) is 0 Å². The number of hydrogen-bond acceptors (Lipinski definition) is 7. The Balaban J connectivity index is 1.80. The number of ether oxygens (including phenoxy) is 1. The summed E-state index contributed by atoms with van der Waals surface area (Å²) in [5.41, 5.74) is 3.88. The number of hydrogen-bond donors (Lipinski definition) is 5. The van der Waals surface area contributed by atoms with Crippen LogP contribution in [0.25, 0.3) is 0 Å². The van der Waals surface area contributed by atoms with E-state index in [-0.39, 0.29) is 29.8 Å². The zero-order valence-corrected chi connectivity index (χ0v) is 27.0. The van der Waals surface area contributed by atoms with E-state index in [4.69, 9.17) is 10.5 Å². The molecule has 3 aliphatic rings. The first-order valence-corrected chi connectivity index (χ1v) is 15.1. The van der Waals surface area contributed by atoms with E-state index in [2.05, 4.69) is 21.3 Å². The molecule has 0 aromatic carbocycles. The highest BCUT2D eigenvalue weighted by Crippen LogP contribution is 2.65. The molecule has 1 saturated heterocycles. The van der Waals surface area contributed by atoms with Gasteiger partial charge in [-0.25, -0.2) is 9.59 Å². The first-order valence-electron chi connectivity index (χ1n) is 15.1. The van der Waals surface area contributed by atoms with Crippen molar-refractivity contribution in [2.24, 2.45) is 39.7 Å². The average Bonchev–Trinajstić information content (AvgIpc) is 3.74. The van der Waals surface area contributed by atoms with Gasteiger partial charge in [0.2, 0.25) is 17.6 Å². The minimum Gasteiger partial charge on any atom is -0.447 e. The number of nitrogens with one attached hydrogen (secondary N) is 4. The number of amides is 6. The normalized spacial score (nSPS) is 24.5. The summed E-state index contributed by atoms with van der Waals surface area (Å²) in [6, 6.07) is -4.09. The number of alkyl carbamates (subject to hydrolysis) is 1. The van der Waals surface area contributed by atoms with Gasteiger partial charge in [0.25, 0.3) is 5.91 Å². The van der Waals surface area contributed by atoms with E-state index in [1.807, 2.05) is 55.4 Å². The quantitative estimate of drug-likeness (QED) is 0.219. The molecule has 43 heavy (non-hydrogen) atoms. The molecule has 2 saturated carbocycles. The molecule has 3 rings (SSSR count). The summed E-state index contributed by atoms with van der Waals surface area (Å²) in [6.07, 6.45) is 1.53. The second-order valence-corrected chi connectivity index (χ2v) is 15.0. The Morgan fingerprint density at radius 3 is 2.05 bits per heavy atom. The van der Waals surface area contributed by atoms with Gasteiger partial charge in [0, 0.05) is 13.6 Å². The van der Waals surface area contributed by atoms with E-state index in [9.17, 15) is 28.8 Å². The molecule has 0 radical (unpaired) electrons. The number of rotatable bonds is 11. The lowest BCUT2D eigenvalue weighted by molar-refractivity contribution is -0.145. The Labute approximate surface area is 254 Å². The predicted octanol–water partition coefficient (Wildman–Crippen LogP) is 1.29. The predicted molar refractivity (Wildman–Crippen MR) is 158 cm³/mol. The van der Waals surface area contributed by atoms with Crippen LogP contribution in [0.2, 0.25) is 0 Å². The SMILES string of the molecule is CNC(=O)OC[C@@H](NC(=O)N[C@H](C(=O)N1C[C@H]2[C@@H]([C@H]1C(=O)NC(CC1CC1)C(=O)C(N)=O)C2(C)C)C(C)(C)C)C(C)(C)C. The fraction of sp³-hybridized carbons (Fsp3) is 0.800. The third-order valence-electron chi connectivity index (χ3n) is 9.23. The molecule has 242 valence electrons. The van der Waals surface area contributed by atoms with Gasteiger partial charge < -0.3 is 36.6 Å². The fourth-order valence-corrected chi connectivity index (χ4v) is 6.05. The summed E-state index contributed by atoms with van der Waals surface area (Å²) in [5, 5.41) is 10.8. The molecule has 3 fully saturated rings. The maximum absolute atomic E-state index is 14.2. The molecule has 0 spiro atoms. The van der Waals surface area contributed by atoms with Crippen LogP contribution in [0.1, 0.15) is 74.7 Å². The molecular formula is C30H50N6O7. The van der Waals surface area contributed by atoms with Gasteiger partial charge in [0.15, 0.2) is 0 Å². The van der Waals surface area contributed by atoms with Crippen molar-refractivity contribution in [2.45, 2.75) is 98.8 Å². The Morgan fingerprint density at radius 2 is 1.56 bits per heavy atom. The largest absolute Gasteiger partial charge is 0.447 e. The van der Waals surface area contributed by atoms with E-state index in [0.29, 0.717) is 13.0 Å². The molecule has 1 unspecified atom stereocenters. The van der Waals surface area contributed by atoms with Crippen molar-refractivity contribution in [1.29, 1.82) is 0 Å². The van der Waals surface area contributed by atoms with Gasteiger partial charge in [-0.3, -0.25) is 19.2 Å². The Morgan fingerprint density at radius 1 is 0.953 bits per heavy atom. The van der Waals surface area contributed by atoms with Gasteiger partial charge in [-0.1, -0.05) is 68.2 Å². The summed E-state index contributed by atoms with van der Waals surface area (Å²) in [5.74, 6) is -2.69. The number of ketones is 1. The number of piperidine rings is 1. The number of nitrogens with two attached hydrogens (primary N) is 1. The van der Waals surface area contributed by atoms with Gasteiger partial charge >= 0.3 is 12.1 Å². The Kier molecular flexibility index (Phi) is 9.77. The summed E-state index contributed by atoms with van der Waals surface area (Å²) < 4.78 is 5.18. The highest BCUT2D eigenvalue weighted by molar-refractivity contribution is 6.37. The number of carbonyl (C=O) groups is 6. The Hall–Kier alpha value is -3.38. The van der Waals surface area contributed by atoms with Gasteiger partial charge in [-0.05, 0) is 40.4 Å². The van der Waals surface area contributed by atoms with Crippen molar-refractivity contribution in [2.75, 3.05) is 20.2 Å². The minimum absolute atomic E-state index is 0.0718. The third-order valence-corrected chi connectivity index (χ3v) is 9.23. The third kappa shape index (κ3) is 7.97. The fourth-order valence-electron chi connectivity index (χ4n) is 6.05. The first kappa shape index (κ1) is 34.1. The molecule has 0 aromatic heterocycles. The molecule has 0 aromatic rings. The van der Waals surface area contributed by atoms with Crippen molar-refractivity contribution in [1.82, 2.24) is 26.2 Å². The highest BCUT2D eigenvalue weighted by atomic mass is 16.5. The van der Waals surface area contributed by atoms with E-state index in [1.165, 1.54) is 11.9 Å². The van der Waals surface area contributed by atoms with E-state index < -0.39 is 70.6 Å². The molecule has 0 bridgehead atoms. The van der Waals surface area contributed by atoms with Crippen LogP contribution in [-0.2, 0) is 23.9 Å². The van der Waals surface area contributed by atoms with Gasteiger partial charge in [0.05, 0.1) is 12.1 Å². The molecule has 1 heterocycles. The lowest BCUT2D eigenvalue weighted by Crippen LogP contribution is -2.62. The number of fused-ring (bicyclic) bond motifs is 1.